The second-order valence-corrected chi connectivity index (χ2v) is 10.4. The van der Waals surface area contributed by atoms with Gasteiger partial charge in [0.2, 0.25) is 9.47 Å². The first-order chi connectivity index (χ1) is 15.8. The van der Waals surface area contributed by atoms with Crippen molar-refractivity contribution in [3.05, 3.63) is 107 Å². The Morgan fingerprint density at radius 2 is 1.55 bits per heavy atom. The summed E-state index contributed by atoms with van der Waals surface area (Å²) in [7, 11) is -4.01. The number of rotatable bonds is 7. The first-order valence-electron chi connectivity index (χ1n) is 10.2. The third-order valence-corrected chi connectivity index (χ3v) is 7.58. The van der Waals surface area contributed by atoms with Gasteiger partial charge >= 0.3 is 0 Å². The molecular weight excluding hydrogens is 456 g/mol. The van der Waals surface area contributed by atoms with E-state index in [2.05, 4.69) is 20.2 Å². The highest BCUT2D eigenvalue weighted by Crippen LogP contribution is 2.27. The van der Waals surface area contributed by atoms with Crippen molar-refractivity contribution in [2.75, 3.05) is 5.32 Å². The van der Waals surface area contributed by atoms with Crippen LogP contribution in [0, 0.1) is 13.8 Å². The summed E-state index contributed by atoms with van der Waals surface area (Å²) in [6.45, 7) is 3.88. The van der Waals surface area contributed by atoms with E-state index in [0.29, 0.717) is 5.56 Å². The second-order valence-electron chi connectivity index (χ2n) is 7.57. The molecule has 3 aromatic carbocycles. The standard InChI is InChI=1S/C24H22N4O3S2/c1-16-11-13-19(14-12-16)22(29)25-23-26-27-24(32-23)33(30,31)28-21(18-8-4-3-5-9-18)20-10-6-7-17(2)15-20/h3-15,21,28H,1-2H3,(H,25,26,29)/t21-/m0/s1. The Labute approximate surface area is 196 Å². The average Bonchev–Trinajstić information content (AvgIpc) is 3.28. The number of hydrogen-bond acceptors (Lipinski definition) is 6. The van der Waals surface area contributed by atoms with Gasteiger partial charge in [0.1, 0.15) is 0 Å². The molecule has 1 aromatic heterocycles. The van der Waals surface area contributed by atoms with Crippen molar-refractivity contribution >= 4 is 32.4 Å². The lowest BCUT2D eigenvalue weighted by atomic mass is 9.98. The molecule has 1 heterocycles. The fourth-order valence-electron chi connectivity index (χ4n) is 3.27. The summed E-state index contributed by atoms with van der Waals surface area (Å²) in [4.78, 5) is 12.4. The lowest BCUT2D eigenvalue weighted by molar-refractivity contribution is 0.102. The van der Waals surface area contributed by atoms with Crippen LogP contribution in [0.5, 0.6) is 0 Å². The molecule has 33 heavy (non-hydrogen) atoms. The average molecular weight is 479 g/mol. The molecule has 4 aromatic rings. The molecule has 0 fully saturated rings. The van der Waals surface area contributed by atoms with Crippen molar-refractivity contribution in [2.24, 2.45) is 0 Å². The quantitative estimate of drug-likeness (QED) is 0.382. The summed E-state index contributed by atoms with van der Waals surface area (Å²) >= 11 is 0.797. The number of sulfonamides is 1. The zero-order valence-corrected chi connectivity index (χ0v) is 19.7. The van der Waals surface area contributed by atoms with E-state index in [1.54, 1.807) is 12.1 Å². The molecule has 2 N–H and O–H groups in total. The molecule has 0 aliphatic carbocycles. The first kappa shape index (κ1) is 22.8. The van der Waals surface area contributed by atoms with Crippen LogP contribution in [-0.2, 0) is 10.0 Å². The monoisotopic (exact) mass is 478 g/mol. The lowest BCUT2D eigenvalue weighted by Crippen LogP contribution is -2.29. The summed E-state index contributed by atoms with van der Waals surface area (Å²) in [6, 6.07) is 23.4. The molecule has 0 spiro atoms. The smallest absolute Gasteiger partial charge is 0.270 e. The minimum atomic E-state index is -4.01. The Bertz CT molecular complexity index is 1370. The van der Waals surface area contributed by atoms with Crippen LogP contribution < -0.4 is 10.0 Å². The van der Waals surface area contributed by atoms with E-state index in [9.17, 15) is 13.2 Å². The molecule has 0 bridgehead atoms. The third-order valence-electron chi connectivity index (χ3n) is 4.95. The van der Waals surface area contributed by atoms with Gasteiger partial charge in [-0.05, 0) is 37.1 Å². The van der Waals surface area contributed by atoms with Gasteiger partial charge < -0.3 is 0 Å². The van der Waals surface area contributed by atoms with E-state index >= 15 is 0 Å². The number of anilines is 1. The Morgan fingerprint density at radius 3 is 2.24 bits per heavy atom. The van der Waals surface area contributed by atoms with Crippen LogP contribution in [0.3, 0.4) is 0 Å². The van der Waals surface area contributed by atoms with Crippen LogP contribution in [0.25, 0.3) is 0 Å². The maximum Gasteiger partial charge on any atom is 0.270 e. The topological polar surface area (TPSA) is 101 Å². The number of aryl methyl sites for hydroxylation is 2. The molecule has 0 saturated heterocycles. The van der Waals surface area contributed by atoms with Crippen molar-refractivity contribution in [3.63, 3.8) is 0 Å². The summed E-state index contributed by atoms with van der Waals surface area (Å²) < 4.78 is 28.8. The number of hydrogen-bond donors (Lipinski definition) is 2. The van der Waals surface area contributed by atoms with Crippen LogP contribution in [0.1, 0.15) is 38.7 Å². The minimum Gasteiger partial charge on any atom is -0.296 e. The van der Waals surface area contributed by atoms with Gasteiger partial charge in [0.15, 0.2) is 0 Å². The Balaban J connectivity index is 1.57. The number of aromatic nitrogens is 2. The summed E-state index contributed by atoms with van der Waals surface area (Å²) in [5, 5.41) is 10.4. The number of nitrogens with one attached hydrogen (secondary N) is 2. The largest absolute Gasteiger partial charge is 0.296 e. The van der Waals surface area contributed by atoms with Crippen LogP contribution >= 0.6 is 11.3 Å². The predicted molar refractivity (Wildman–Crippen MR) is 129 cm³/mol. The van der Waals surface area contributed by atoms with Gasteiger partial charge in [0.25, 0.3) is 15.9 Å². The molecule has 0 aliphatic heterocycles. The molecular formula is C24H22N4O3S2. The molecule has 0 radical (unpaired) electrons. The Morgan fingerprint density at radius 1 is 0.848 bits per heavy atom. The summed E-state index contributed by atoms with van der Waals surface area (Å²) in [5.74, 6) is -0.384. The Kier molecular flexibility index (Phi) is 6.64. The molecule has 7 nitrogen and oxygen atoms in total. The summed E-state index contributed by atoms with van der Waals surface area (Å²) in [5.41, 5.74) is 4.10. The van der Waals surface area contributed by atoms with E-state index in [1.807, 2.05) is 80.6 Å². The van der Waals surface area contributed by atoms with Crippen LogP contribution in [-0.4, -0.2) is 24.5 Å². The fourth-order valence-corrected chi connectivity index (χ4v) is 5.40. The molecule has 9 heteroatoms. The number of carbonyl (C=O) groups is 1. The van der Waals surface area contributed by atoms with Crippen molar-refractivity contribution in [1.29, 1.82) is 0 Å². The van der Waals surface area contributed by atoms with Crippen LogP contribution in [0.4, 0.5) is 5.13 Å². The van der Waals surface area contributed by atoms with E-state index < -0.39 is 16.1 Å². The first-order valence-corrected chi connectivity index (χ1v) is 12.5. The van der Waals surface area contributed by atoms with E-state index in [0.717, 1.165) is 33.6 Å². The molecule has 168 valence electrons. The number of amides is 1. The van der Waals surface area contributed by atoms with Crippen LogP contribution in [0.15, 0.2) is 83.2 Å². The Hall–Kier alpha value is -3.40. The highest BCUT2D eigenvalue weighted by atomic mass is 32.2. The van der Waals surface area contributed by atoms with Gasteiger partial charge in [-0.2, -0.15) is 4.72 Å². The second kappa shape index (κ2) is 9.62. The highest BCUT2D eigenvalue weighted by Gasteiger charge is 2.27. The van der Waals surface area contributed by atoms with Gasteiger partial charge in [-0.3, -0.25) is 10.1 Å². The van der Waals surface area contributed by atoms with E-state index in [1.165, 1.54) is 0 Å². The number of benzene rings is 3. The SMILES string of the molecule is Cc1ccc(C(=O)Nc2nnc(S(=O)(=O)N[C@@H](c3ccccc3)c3cccc(C)c3)s2)cc1. The fraction of sp³-hybridized carbons (Fsp3) is 0.125. The molecule has 1 amide bonds. The predicted octanol–water partition coefficient (Wildman–Crippen LogP) is 4.48. The van der Waals surface area contributed by atoms with Crippen molar-refractivity contribution < 1.29 is 13.2 Å². The maximum absolute atomic E-state index is 13.2. The normalized spacial score (nSPS) is 12.3. The number of carbonyl (C=O) groups excluding carboxylic acids is 1. The summed E-state index contributed by atoms with van der Waals surface area (Å²) in [6.07, 6.45) is 0. The van der Waals surface area contributed by atoms with Crippen molar-refractivity contribution in [3.8, 4) is 0 Å². The molecule has 1 atom stereocenters. The highest BCUT2D eigenvalue weighted by molar-refractivity contribution is 7.91. The van der Waals surface area contributed by atoms with Gasteiger partial charge in [0.05, 0.1) is 6.04 Å². The third kappa shape index (κ3) is 5.51. The van der Waals surface area contributed by atoms with E-state index in [-0.39, 0.29) is 15.4 Å². The maximum atomic E-state index is 13.2. The van der Waals surface area contributed by atoms with Gasteiger partial charge in [0, 0.05) is 5.56 Å². The zero-order valence-electron chi connectivity index (χ0n) is 18.0. The number of nitrogens with zero attached hydrogens (tertiary/aromatic N) is 2. The molecule has 0 unspecified atom stereocenters. The van der Waals surface area contributed by atoms with Crippen LogP contribution in [0.2, 0.25) is 0 Å². The van der Waals surface area contributed by atoms with Gasteiger partial charge in [-0.1, -0.05) is 89.2 Å². The molecule has 0 saturated carbocycles. The minimum absolute atomic E-state index is 0.104. The lowest BCUT2D eigenvalue weighted by Gasteiger charge is -2.19. The molecule has 4 rings (SSSR count). The van der Waals surface area contributed by atoms with Crippen molar-refractivity contribution in [1.82, 2.24) is 14.9 Å². The van der Waals surface area contributed by atoms with Gasteiger partial charge in [-0.15, -0.1) is 10.2 Å². The van der Waals surface area contributed by atoms with E-state index in [4.69, 9.17) is 0 Å². The van der Waals surface area contributed by atoms with Gasteiger partial charge in [-0.25, -0.2) is 8.42 Å². The zero-order chi connectivity index (χ0) is 23.4. The molecule has 0 aliphatic rings. The van der Waals surface area contributed by atoms with Crippen molar-refractivity contribution in [2.45, 2.75) is 24.2 Å².